The predicted molar refractivity (Wildman–Crippen MR) is 176 cm³/mol. The minimum Gasteiger partial charge on any atom is -0.493 e. The first kappa shape index (κ1) is 34.4. The molecular formula is C36H44O10. The Hall–Kier alpha value is -4.47. The highest BCUT2D eigenvalue weighted by Crippen LogP contribution is 2.44. The standard InChI is InChI=1S/C36H44O10/c1-10-41-28(37)13-11-12-18-42-33-22-16-17-36(7,8)45-24(22)19-26-30(33)31(38)29-23(15-14-21(2)3)32(40-9)27(20-25(29)43-26)44-34(39)46-35(4,5)6/h14,16-17,19-20H,10-13,15,18H2,1-9H3. The molecule has 0 spiro atoms. The Kier molecular flexibility index (Phi) is 10.4. The van der Waals surface area contributed by atoms with E-state index < -0.39 is 17.4 Å². The van der Waals surface area contributed by atoms with E-state index in [0.717, 1.165) is 5.57 Å². The number of carbonyl (C=O) groups excluding carboxylic acids is 2. The van der Waals surface area contributed by atoms with Gasteiger partial charge in [-0.15, -0.1) is 0 Å². The van der Waals surface area contributed by atoms with Crippen LogP contribution in [0.25, 0.3) is 28.0 Å². The van der Waals surface area contributed by atoms with E-state index in [-0.39, 0.29) is 57.9 Å². The molecule has 1 aromatic heterocycles. The molecule has 2 aromatic carbocycles. The van der Waals surface area contributed by atoms with Gasteiger partial charge in [-0.3, -0.25) is 9.59 Å². The second kappa shape index (κ2) is 13.9. The average Bonchev–Trinajstić information content (AvgIpc) is 2.93. The van der Waals surface area contributed by atoms with Gasteiger partial charge in [0, 0.05) is 24.1 Å². The van der Waals surface area contributed by atoms with Gasteiger partial charge in [-0.05, 0) is 86.8 Å². The number of ether oxygens (including phenoxy) is 6. The first-order chi connectivity index (χ1) is 21.6. The molecule has 1 aliphatic heterocycles. The summed E-state index contributed by atoms with van der Waals surface area (Å²) >= 11 is 0. The van der Waals surface area contributed by atoms with E-state index >= 15 is 0 Å². The number of esters is 1. The Morgan fingerprint density at radius 1 is 1.02 bits per heavy atom. The Labute approximate surface area is 269 Å². The number of fused-ring (bicyclic) bond motifs is 3. The van der Waals surface area contributed by atoms with Crippen molar-refractivity contribution in [3.63, 3.8) is 0 Å². The zero-order chi connectivity index (χ0) is 33.8. The van der Waals surface area contributed by atoms with Crippen molar-refractivity contribution in [1.82, 2.24) is 0 Å². The van der Waals surface area contributed by atoms with Crippen LogP contribution >= 0.6 is 0 Å². The second-order valence-electron chi connectivity index (χ2n) is 12.9. The number of rotatable bonds is 11. The summed E-state index contributed by atoms with van der Waals surface area (Å²) in [4.78, 5) is 39.1. The summed E-state index contributed by atoms with van der Waals surface area (Å²) < 4.78 is 40.7. The van der Waals surface area contributed by atoms with Crippen molar-refractivity contribution in [3.05, 3.63) is 51.2 Å². The summed E-state index contributed by atoms with van der Waals surface area (Å²) in [5.41, 5.74) is 0.834. The van der Waals surface area contributed by atoms with Crippen LogP contribution < -0.4 is 24.4 Å². The Morgan fingerprint density at radius 3 is 2.39 bits per heavy atom. The molecule has 248 valence electrons. The van der Waals surface area contributed by atoms with Crippen LogP contribution in [0.3, 0.4) is 0 Å². The topological polar surface area (TPSA) is 120 Å². The summed E-state index contributed by atoms with van der Waals surface area (Å²) in [5.74, 6) is 0.829. The van der Waals surface area contributed by atoms with Crippen molar-refractivity contribution < 1.29 is 42.4 Å². The third-order valence-electron chi connectivity index (χ3n) is 7.08. The summed E-state index contributed by atoms with van der Waals surface area (Å²) in [5, 5.41) is 0.512. The number of hydrogen-bond donors (Lipinski definition) is 0. The largest absolute Gasteiger partial charge is 0.514 e. The lowest BCUT2D eigenvalue weighted by Crippen LogP contribution is -2.27. The van der Waals surface area contributed by atoms with Crippen LogP contribution in [0.1, 0.15) is 85.8 Å². The van der Waals surface area contributed by atoms with Crippen LogP contribution in [0.15, 0.2) is 39.1 Å². The minimum atomic E-state index is -0.920. The number of carbonyl (C=O) groups is 2. The molecule has 0 radical (unpaired) electrons. The lowest BCUT2D eigenvalue weighted by molar-refractivity contribution is -0.143. The van der Waals surface area contributed by atoms with E-state index in [1.54, 1.807) is 33.8 Å². The maximum atomic E-state index is 14.6. The zero-order valence-electron chi connectivity index (χ0n) is 28.2. The molecule has 2 heterocycles. The maximum Gasteiger partial charge on any atom is 0.514 e. The van der Waals surface area contributed by atoms with E-state index in [2.05, 4.69) is 0 Å². The molecular weight excluding hydrogens is 592 g/mol. The van der Waals surface area contributed by atoms with Gasteiger partial charge in [0.1, 0.15) is 39.3 Å². The van der Waals surface area contributed by atoms with Crippen LogP contribution in [-0.4, -0.2) is 43.7 Å². The molecule has 0 aliphatic carbocycles. The summed E-state index contributed by atoms with van der Waals surface area (Å²) in [6.07, 6.45) is 6.52. The maximum absolute atomic E-state index is 14.6. The predicted octanol–water partition coefficient (Wildman–Crippen LogP) is 8.07. The molecule has 46 heavy (non-hydrogen) atoms. The molecule has 0 N–H and O–H groups in total. The Morgan fingerprint density at radius 2 is 1.74 bits per heavy atom. The van der Waals surface area contributed by atoms with E-state index in [9.17, 15) is 14.4 Å². The fourth-order valence-electron chi connectivity index (χ4n) is 5.10. The highest BCUT2D eigenvalue weighted by Gasteiger charge is 2.30. The molecule has 3 aromatic rings. The third kappa shape index (κ3) is 8.02. The number of allylic oxidation sites excluding steroid dienone is 2. The van der Waals surface area contributed by atoms with Crippen LogP contribution in [-0.2, 0) is 20.7 Å². The average molecular weight is 637 g/mol. The second-order valence-corrected chi connectivity index (χ2v) is 12.9. The van der Waals surface area contributed by atoms with Gasteiger partial charge in [-0.1, -0.05) is 11.6 Å². The van der Waals surface area contributed by atoms with Crippen molar-refractivity contribution in [2.75, 3.05) is 20.3 Å². The van der Waals surface area contributed by atoms with Crippen molar-refractivity contribution in [1.29, 1.82) is 0 Å². The SMILES string of the molecule is CCOC(=O)CCCCOc1c2c(cc3oc4cc(OC(=O)OC(C)(C)C)c(OC)c(CC=C(C)C)c4c(=O)c13)OC(C)(C)C=C2. The molecule has 0 saturated carbocycles. The molecule has 0 unspecified atom stereocenters. The smallest absolute Gasteiger partial charge is 0.493 e. The van der Waals surface area contributed by atoms with Crippen molar-refractivity contribution >= 4 is 40.1 Å². The zero-order valence-corrected chi connectivity index (χ0v) is 28.2. The monoisotopic (exact) mass is 636 g/mol. The van der Waals surface area contributed by atoms with E-state index in [1.807, 2.05) is 45.9 Å². The van der Waals surface area contributed by atoms with E-state index in [1.165, 1.54) is 13.2 Å². The van der Waals surface area contributed by atoms with Gasteiger partial charge < -0.3 is 32.8 Å². The first-order valence-corrected chi connectivity index (χ1v) is 15.5. The fourth-order valence-corrected chi connectivity index (χ4v) is 5.10. The van der Waals surface area contributed by atoms with Crippen molar-refractivity contribution in [3.8, 4) is 23.0 Å². The lowest BCUT2D eigenvalue weighted by Gasteiger charge is -2.29. The van der Waals surface area contributed by atoms with Gasteiger partial charge in [-0.25, -0.2) is 4.79 Å². The molecule has 0 saturated heterocycles. The lowest BCUT2D eigenvalue weighted by atomic mass is 9.97. The van der Waals surface area contributed by atoms with Gasteiger partial charge >= 0.3 is 12.1 Å². The van der Waals surface area contributed by atoms with Crippen LogP contribution in [0.4, 0.5) is 4.79 Å². The molecule has 4 rings (SSSR count). The number of benzene rings is 2. The summed E-state index contributed by atoms with van der Waals surface area (Å²) in [7, 11) is 1.45. The fraction of sp³-hybridized carbons (Fsp3) is 0.472. The molecule has 1 aliphatic rings. The number of hydrogen-bond acceptors (Lipinski definition) is 10. The molecule has 0 bridgehead atoms. The highest BCUT2D eigenvalue weighted by molar-refractivity contribution is 5.99. The highest BCUT2D eigenvalue weighted by atomic mass is 16.7. The first-order valence-electron chi connectivity index (χ1n) is 15.5. The molecule has 0 fully saturated rings. The van der Waals surface area contributed by atoms with E-state index in [0.29, 0.717) is 48.5 Å². The van der Waals surface area contributed by atoms with Crippen molar-refractivity contribution in [2.45, 2.75) is 92.3 Å². The minimum absolute atomic E-state index is 0.0558. The van der Waals surface area contributed by atoms with Gasteiger partial charge in [-0.2, -0.15) is 0 Å². The van der Waals surface area contributed by atoms with Crippen LogP contribution in [0.5, 0.6) is 23.0 Å². The van der Waals surface area contributed by atoms with Gasteiger partial charge in [0.2, 0.25) is 5.43 Å². The number of unbranched alkanes of at least 4 members (excludes halogenated alkanes) is 1. The number of methoxy groups -OCH3 is 1. The molecule has 10 nitrogen and oxygen atoms in total. The van der Waals surface area contributed by atoms with E-state index in [4.69, 9.17) is 32.8 Å². The Balaban J connectivity index is 1.92. The summed E-state index contributed by atoms with van der Waals surface area (Å²) in [6, 6.07) is 3.14. The van der Waals surface area contributed by atoms with Crippen LogP contribution in [0, 0.1) is 0 Å². The molecule has 0 amide bonds. The molecule has 10 heteroatoms. The summed E-state index contributed by atoms with van der Waals surface area (Å²) in [6.45, 7) is 15.3. The van der Waals surface area contributed by atoms with Gasteiger partial charge in [0.25, 0.3) is 0 Å². The normalized spacial score (nSPS) is 13.5. The van der Waals surface area contributed by atoms with Gasteiger partial charge in [0.05, 0.1) is 31.3 Å². The third-order valence-corrected chi connectivity index (χ3v) is 7.08. The Bertz CT molecular complexity index is 1750. The quantitative estimate of drug-likeness (QED) is 0.0672. The van der Waals surface area contributed by atoms with Crippen LogP contribution in [0.2, 0.25) is 0 Å². The van der Waals surface area contributed by atoms with Gasteiger partial charge in [0.15, 0.2) is 11.5 Å². The molecule has 0 atom stereocenters. The van der Waals surface area contributed by atoms with Crippen molar-refractivity contribution in [2.24, 2.45) is 0 Å².